The van der Waals surface area contributed by atoms with Crippen LogP contribution in [0.25, 0.3) is 22.2 Å². The van der Waals surface area contributed by atoms with Gasteiger partial charge in [0, 0.05) is 17.8 Å². The molecule has 0 N–H and O–H groups in total. The fourth-order valence-electron chi connectivity index (χ4n) is 4.16. The van der Waals surface area contributed by atoms with Gasteiger partial charge in [-0.25, -0.2) is 0 Å². The Labute approximate surface area is 156 Å². The standard InChI is InChI=1S/C24H25NSi/c1-4-25-22-18-12-11-17-21(22)24(23(25)19-13-7-5-8-14-19)26(2,3)20-15-9-6-10-16-20/h5-18H,4H2,1-3H3. The summed E-state index contributed by atoms with van der Waals surface area (Å²) in [7, 11) is -1.86. The van der Waals surface area contributed by atoms with Crippen molar-refractivity contribution in [1.82, 2.24) is 4.57 Å². The Morgan fingerprint density at radius 3 is 1.96 bits per heavy atom. The van der Waals surface area contributed by atoms with E-state index in [4.69, 9.17) is 0 Å². The lowest BCUT2D eigenvalue weighted by molar-refractivity contribution is 0.806. The molecule has 0 saturated carbocycles. The van der Waals surface area contributed by atoms with Crippen molar-refractivity contribution in [2.24, 2.45) is 0 Å². The number of para-hydroxylation sites is 1. The Morgan fingerprint density at radius 2 is 1.31 bits per heavy atom. The molecule has 0 fully saturated rings. The minimum Gasteiger partial charge on any atom is -0.341 e. The molecule has 0 saturated heterocycles. The topological polar surface area (TPSA) is 4.93 Å². The van der Waals surface area contributed by atoms with Crippen LogP contribution in [0, 0.1) is 0 Å². The summed E-state index contributed by atoms with van der Waals surface area (Å²) in [6, 6.07) is 30.9. The molecule has 0 atom stereocenters. The number of hydrogen-bond donors (Lipinski definition) is 0. The van der Waals surface area contributed by atoms with Gasteiger partial charge in [0.25, 0.3) is 0 Å². The molecule has 0 aliphatic carbocycles. The first-order valence-corrected chi connectivity index (χ1v) is 12.4. The molecule has 4 aromatic rings. The molecule has 2 heteroatoms. The largest absolute Gasteiger partial charge is 0.341 e. The van der Waals surface area contributed by atoms with Crippen molar-refractivity contribution in [3.63, 3.8) is 0 Å². The number of fused-ring (bicyclic) bond motifs is 1. The molecule has 1 nitrogen and oxygen atoms in total. The zero-order valence-electron chi connectivity index (χ0n) is 15.7. The van der Waals surface area contributed by atoms with Crippen LogP contribution < -0.4 is 10.4 Å². The number of aryl methyl sites for hydroxylation is 1. The third-order valence-electron chi connectivity index (χ3n) is 5.45. The maximum absolute atomic E-state index is 2.50. The second-order valence-corrected chi connectivity index (χ2v) is 11.7. The summed E-state index contributed by atoms with van der Waals surface area (Å²) < 4.78 is 2.50. The van der Waals surface area contributed by atoms with Crippen LogP contribution in [0.4, 0.5) is 0 Å². The summed E-state index contributed by atoms with van der Waals surface area (Å²) in [4.78, 5) is 0. The van der Waals surface area contributed by atoms with Crippen LogP contribution in [-0.4, -0.2) is 12.6 Å². The van der Waals surface area contributed by atoms with Crippen LogP contribution >= 0.6 is 0 Å². The van der Waals surface area contributed by atoms with Gasteiger partial charge in [-0.15, -0.1) is 0 Å². The fourth-order valence-corrected chi connectivity index (χ4v) is 7.23. The van der Waals surface area contributed by atoms with Crippen molar-refractivity contribution in [3.05, 3.63) is 84.9 Å². The second kappa shape index (κ2) is 6.62. The molecule has 0 spiro atoms. The van der Waals surface area contributed by atoms with Crippen LogP contribution in [0.3, 0.4) is 0 Å². The summed E-state index contributed by atoms with van der Waals surface area (Å²) in [5.41, 5.74) is 4.06. The molecule has 0 aliphatic heterocycles. The zero-order valence-corrected chi connectivity index (χ0v) is 16.7. The first-order chi connectivity index (χ1) is 12.6. The quantitative estimate of drug-likeness (QED) is 0.446. The Kier molecular flexibility index (Phi) is 4.29. The summed E-state index contributed by atoms with van der Waals surface area (Å²) in [6.45, 7) is 8.19. The summed E-state index contributed by atoms with van der Waals surface area (Å²) in [5.74, 6) is 0. The van der Waals surface area contributed by atoms with E-state index < -0.39 is 8.07 Å². The second-order valence-electron chi connectivity index (χ2n) is 7.34. The SMILES string of the molecule is CCn1c(-c2ccccc2)c([Si](C)(C)c2ccccc2)c2ccccc21. The first-order valence-electron chi connectivity index (χ1n) is 9.37. The smallest absolute Gasteiger partial charge is 0.115 e. The van der Waals surface area contributed by atoms with E-state index in [0.29, 0.717) is 0 Å². The average molecular weight is 356 g/mol. The fraction of sp³-hybridized carbons (Fsp3) is 0.167. The van der Waals surface area contributed by atoms with Crippen molar-refractivity contribution in [2.75, 3.05) is 0 Å². The van der Waals surface area contributed by atoms with Gasteiger partial charge in [0.15, 0.2) is 0 Å². The minimum atomic E-state index is -1.86. The van der Waals surface area contributed by atoms with Crippen molar-refractivity contribution >= 4 is 29.4 Å². The van der Waals surface area contributed by atoms with Crippen molar-refractivity contribution in [3.8, 4) is 11.3 Å². The molecular weight excluding hydrogens is 330 g/mol. The van der Waals surface area contributed by atoms with Crippen LogP contribution in [0.5, 0.6) is 0 Å². The molecular formula is C24H25NSi. The van der Waals surface area contributed by atoms with E-state index in [1.807, 2.05) is 0 Å². The molecule has 0 aliphatic rings. The summed E-state index contributed by atoms with van der Waals surface area (Å²) in [6.07, 6.45) is 0. The van der Waals surface area contributed by atoms with Gasteiger partial charge in [-0.2, -0.15) is 0 Å². The maximum Gasteiger partial charge on any atom is 0.115 e. The molecule has 1 aromatic heterocycles. The molecule has 0 bridgehead atoms. The predicted octanol–water partition coefficient (Wildman–Crippen LogP) is 5.15. The van der Waals surface area contributed by atoms with Gasteiger partial charge in [-0.3, -0.25) is 0 Å². The number of rotatable bonds is 4. The Balaban J connectivity index is 2.11. The molecule has 1 heterocycles. The van der Waals surface area contributed by atoms with E-state index in [0.717, 1.165) is 6.54 Å². The molecule has 0 amide bonds. The van der Waals surface area contributed by atoms with Crippen LogP contribution in [0.1, 0.15) is 6.92 Å². The first kappa shape index (κ1) is 16.9. The molecule has 0 radical (unpaired) electrons. The normalized spacial score (nSPS) is 11.8. The number of benzene rings is 3. The monoisotopic (exact) mass is 355 g/mol. The average Bonchev–Trinajstić information content (AvgIpc) is 3.04. The predicted molar refractivity (Wildman–Crippen MR) is 116 cm³/mol. The van der Waals surface area contributed by atoms with Gasteiger partial charge in [-0.1, -0.05) is 97.1 Å². The van der Waals surface area contributed by atoms with Gasteiger partial charge in [-0.05, 0) is 29.1 Å². The highest BCUT2D eigenvalue weighted by Crippen LogP contribution is 2.29. The van der Waals surface area contributed by atoms with Gasteiger partial charge >= 0.3 is 0 Å². The molecule has 26 heavy (non-hydrogen) atoms. The lowest BCUT2D eigenvalue weighted by atomic mass is 10.1. The zero-order chi connectivity index (χ0) is 18.1. The van der Waals surface area contributed by atoms with Crippen LogP contribution in [-0.2, 0) is 6.54 Å². The van der Waals surface area contributed by atoms with Crippen LogP contribution in [0.15, 0.2) is 84.9 Å². The van der Waals surface area contributed by atoms with Gasteiger partial charge < -0.3 is 4.57 Å². The van der Waals surface area contributed by atoms with Gasteiger partial charge in [0.1, 0.15) is 8.07 Å². The van der Waals surface area contributed by atoms with Gasteiger partial charge in [0.05, 0.1) is 0 Å². The number of hydrogen-bond acceptors (Lipinski definition) is 0. The van der Waals surface area contributed by atoms with E-state index in [9.17, 15) is 0 Å². The number of aromatic nitrogens is 1. The highest BCUT2D eigenvalue weighted by atomic mass is 28.3. The van der Waals surface area contributed by atoms with Gasteiger partial charge in [0.2, 0.25) is 0 Å². The third-order valence-corrected chi connectivity index (χ3v) is 8.99. The minimum absolute atomic E-state index is 0.976. The van der Waals surface area contributed by atoms with Crippen molar-refractivity contribution < 1.29 is 0 Å². The maximum atomic E-state index is 2.50. The molecule has 4 rings (SSSR count). The van der Waals surface area contributed by atoms with Crippen molar-refractivity contribution in [1.29, 1.82) is 0 Å². The highest BCUT2D eigenvalue weighted by Gasteiger charge is 2.33. The number of nitrogens with zero attached hydrogens (tertiary/aromatic N) is 1. The van der Waals surface area contributed by atoms with E-state index in [-0.39, 0.29) is 0 Å². The van der Waals surface area contributed by atoms with E-state index in [1.165, 1.54) is 27.3 Å². The van der Waals surface area contributed by atoms with E-state index in [2.05, 4.69) is 110 Å². The molecule has 130 valence electrons. The third kappa shape index (κ3) is 2.62. The lowest BCUT2D eigenvalue weighted by Crippen LogP contribution is -2.53. The Hall–Kier alpha value is -2.58. The lowest BCUT2D eigenvalue weighted by Gasteiger charge is -2.25. The molecule has 3 aromatic carbocycles. The van der Waals surface area contributed by atoms with Crippen molar-refractivity contribution in [2.45, 2.75) is 26.6 Å². The Morgan fingerprint density at radius 1 is 0.731 bits per heavy atom. The molecule has 0 unspecified atom stereocenters. The highest BCUT2D eigenvalue weighted by molar-refractivity contribution is 7.02. The van der Waals surface area contributed by atoms with Crippen LogP contribution in [0.2, 0.25) is 13.1 Å². The summed E-state index contributed by atoms with van der Waals surface area (Å²) >= 11 is 0. The summed E-state index contributed by atoms with van der Waals surface area (Å²) in [5, 5.41) is 4.44. The van der Waals surface area contributed by atoms with E-state index >= 15 is 0 Å². The van der Waals surface area contributed by atoms with E-state index in [1.54, 1.807) is 5.19 Å². The Bertz CT molecular complexity index is 1030.